The number of carbonyl (C=O) groups excluding carboxylic acids is 2. The molecule has 0 aliphatic carbocycles. The maximum absolute atomic E-state index is 12.7. The summed E-state index contributed by atoms with van der Waals surface area (Å²) in [6.07, 6.45) is 3.36. The molecular formula is C27H45N3O5Si. The van der Waals surface area contributed by atoms with Crippen LogP contribution in [0.5, 0.6) is 0 Å². The molecule has 1 amide bonds. The number of ether oxygens (including phenoxy) is 2. The van der Waals surface area contributed by atoms with Gasteiger partial charge in [-0.3, -0.25) is 4.79 Å². The molecule has 2 aliphatic rings. The van der Waals surface area contributed by atoms with Gasteiger partial charge in [-0.25, -0.2) is 9.78 Å². The molecule has 0 spiro atoms. The number of esters is 1. The fourth-order valence-electron chi connectivity index (χ4n) is 4.66. The van der Waals surface area contributed by atoms with Crippen molar-refractivity contribution in [2.45, 2.75) is 90.1 Å². The molecule has 0 N–H and O–H groups in total. The first-order chi connectivity index (χ1) is 16.6. The third-order valence-electron chi connectivity index (χ3n) is 7.70. The van der Waals surface area contributed by atoms with Crippen molar-refractivity contribution in [3.63, 3.8) is 0 Å². The van der Waals surface area contributed by atoms with Crippen LogP contribution in [-0.2, 0) is 18.7 Å². The summed E-state index contributed by atoms with van der Waals surface area (Å²) in [5, 5.41) is 0.190. The van der Waals surface area contributed by atoms with Gasteiger partial charge in [0.05, 0.1) is 19.1 Å². The number of likely N-dealkylation sites (tertiary alicyclic amines) is 1. The Labute approximate surface area is 217 Å². The van der Waals surface area contributed by atoms with Crippen molar-refractivity contribution < 1.29 is 23.5 Å². The van der Waals surface area contributed by atoms with Crippen molar-refractivity contribution in [1.82, 2.24) is 9.88 Å². The first-order valence-electron chi connectivity index (χ1n) is 13.1. The van der Waals surface area contributed by atoms with Crippen LogP contribution in [0.15, 0.2) is 18.3 Å². The minimum atomic E-state index is -1.81. The number of rotatable bonds is 5. The average molecular weight is 520 g/mol. The third kappa shape index (κ3) is 6.79. The number of piperidine rings is 1. The van der Waals surface area contributed by atoms with Crippen LogP contribution in [0.4, 0.5) is 10.6 Å². The second-order valence-electron chi connectivity index (χ2n) is 12.6. The Kier molecular flexibility index (Phi) is 8.45. The molecule has 0 unspecified atom stereocenters. The predicted octanol–water partition coefficient (Wildman–Crippen LogP) is 5.20. The maximum atomic E-state index is 12.7. The second kappa shape index (κ2) is 10.7. The smallest absolute Gasteiger partial charge is 0.410 e. The van der Waals surface area contributed by atoms with Gasteiger partial charge in [-0.2, -0.15) is 0 Å². The molecule has 0 aromatic carbocycles. The van der Waals surface area contributed by atoms with Gasteiger partial charge in [0, 0.05) is 38.3 Å². The molecule has 1 aromatic heterocycles. The van der Waals surface area contributed by atoms with Crippen molar-refractivity contribution in [2.75, 3.05) is 38.2 Å². The normalized spacial score (nSPS) is 23.5. The van der Waals surface area contributed by atoms with E-state index in [-0.39, 0.29) is 29.6 Å². The van der Waals surface area contributed by atoms with Crippen molar-refractivity contribution in [1.29, 1.82) is 0 Å². The van der Waals surface area contributed by atoms with Gasteiger partial charge in [0.1, 0.15) is 11.4 Å². The largest absolute Gasteiger partial charge is 0.469 e. The van der Waals surface area contributed by atoms with Gasteiger partial charge in [0.25, 0.3) is 0 Å². The summed E-state index contributed by atoms with van der Waals surface area (Å²) in [5.41, 5.74) is 0.407. The van der Waals surface area contributed by atoms with E-state index in [9.17, 15) is 9.59 Å². The van der Waals surface area contributed by atoms with Gasteiger partial charge in [-0.1, -0.05) is 26.8 Å². The van der Waals surface area contributed by atoms with Gasteiger partial charge in [0.2, 0.25) is 0 Å². The lowest BCUT2D eigenvalue weighted by Crippen LogP contribution is -2.47. The van der Waals surface area contributed by atoms with Crippen LogP contribution >= 0.6 is 0 Å². The van der Waals surface area contributed by atoms with Crippen LogP contribution in [0, 0.1) is 5.92 Å². The minimum absolute atomic E-state index is 0.0640. The van der Waals surface area contributed by atoms with Gasteiger partial charge in [-0.15, -0.1) is 0 Å². The molecule has 202 valence electrons. The van der Waals surface area contributed by atoms with Crippen LogP contribution in [0.25, 0.3) is 0 Å². The van der Waals surface area contributed by atoms with E-state index in [2.05, 4.69) is 44.8 Å². The summed E-state index contributed by atoms with van der Waals surface area (Å²) < 4.78 is 17.2. The Morgan fingerprint density at radius 2 is 1.72 bits per heavy atom. The predicted molar refractivity (Wildman–Crippen MR) is 144 cm³/mol. The molecule has 0 saturated carbocycles. The van der Waals surface area contributed by atoms with Gasteiger partial charge >= 0.3 is 12.1 Å². The van der Waals surface area contributed by atoms with E-state index in [0.717, 1.165) is 30.9 Å². The Balaban J connectivity index is 1.67. The molecule has 3 atom stereocenters. The highest BCUT2D eigenvalue weighted by Crippen LogP contribution is 2.39. The fraction of sp³-hybridized carbons (Fsp3) is 0.741. The topological polar surface area (TPSA) is 81.2 Å². The molecule has 2 saturated heterocycles. The summed E-state index contributed by atoms with van der Waals surface area (Å²) in [7, 11) is -0.417. The average Bonchev–Trinajstić information content (AvgIpc) is 3.24. The number of aromatic nitrogens is 1. The van der Waals surface area contributed by atoms with Gasteiger partial charge < -0.3 is 23.7 Å². The highest BCUT2D eigenvalue weighted by Gasteiger charge is 2.41. The molecule has 1 aromatic rings. The summed E-state index contributed by atoms with van der Waals surface area (Å²) >= 11 is 0. The van der Waals surface area contributed by atoms with Crippen molar-refractivity contribution in [3.05, 3.63) is 23.9 Å². The van der Waals surface area contributed by atoms with Crippen LogP contribution in [0.2, 0.25) is 18.1 Å². The van der Waals surface area contributed by atoms with E-state index in [1.165, 1.54) is 7.11 Å². The highest BCUT2D eigenvalue weighted by molar-refractivity contribution is 6.74. The number of pyridine rings is 1. The number of methoxy groups -OCH3 is 1. The zero-order valence-electron chi connectivity index (χ0n) is 23.6. The lowest BCUT2D eigenvalue weighted by atomic mass is 9.81. The van der Waals surface area contributed by atoms with Crippen LogP contribution in [-0.4, -0.2) is 75.3 Å². The van der Waals surface area contributed by atoms with Gasteiger partial charge in [-0.05, 0) is 63.4 Å². The van der Waals surface area contributed by atoms with E-state index in [1.54, 1.807) is 4.90 Å². The third-order valence-corrected chi connectivity index (χ3v) is 12.2. The van der Waals surface area contributed by atoms with E-state index < -0.39 is 25.9 Å². The van der Waals surface area contributed by atoms with E-state index >= 15 is 0 Å². The number of anilines is 1. The highest BCUT2D eigenvalue weighted by atomic mass is 28.4. The van der Waals surface area contributed by atoms with E-state index in [0.29, 0.717) is 13.0 Å². The van der Waals surface area contributed by atoms with Crippen molar-refractivity contribution >= 4 is 26.2 Å². The summed E-state index contributed by atoms with van der Waals surface area (Å²) in [6, 6.07) is 4.10. The van der Waals surface area contributed by atoms with E-state index in [4.69, 9.17) is 18.9 Å². The Morgan fingerprint density at radius 3 is 2.28 bits per heavy atom. The molecular weight excluding hydrogens is 474 g/mol. The molecule has 2 fully saturated rings. The SMILES string of the molecule is COC(=O)[C@@H]1CN(C(=O)OC(C)(C)C)CC[C@@H]1c1ccc(N2CC[C@H](O[Si](C)(C)C(C)(C)C)C2)nc1. The maximum Gasteiger partial charge on any atom is 0.410 e. The fourth-order valence-corrected chi connectivity index (χ4v) is 6.04. The molecule has 2 aliphatic heterocycles. The zero-order valence-corrected chi connectivity index (χ0v) is 24.6. The number of amides is 1. The van der Waals surface area contributed by atoms with Gasteiger partial charge in [0.15, 0.2) is 8.32 Å². The Bertz CT molecular complexity index is 923. The summed E-state index contributed by atoms with van der Waals surface area (Å²) in [4.78, 5) is 33.9. The molecule has 36 heavy (non-hydrogen) atoms. The molecule has 3 heterocycles. The first-order valence-corrected chi connectivity index (χ1v) is 16.0. The van der Waals surface area contributed by atoms with Crippen LogP contribution < -0.4 is 4.90 Å². The van der Waals surface area contributed by atoms with Crippen molar-refractivity contribution in [3.8, 4) is 0 Å². The number of nitrogens with zero attached hydrogens (tertiary/aromatic N) is 3. The molecule has 8 nitrogen and oxygen atoms in total. The summed E-state index contributed by atoms with van der Waals surface area (Å²) in [6.45, 7) is 19.5. The lowest BCUT2D eigenvalue weighted by molar-refractivity contribution is -0.148. The monoisotopic (exact) mass is 519 g/mol. The lowest BCUT2D eigenvalue weighted by Gasteiger charge is -2.38. The second-order valence-corrected chi connectivity index (χ2v) is 17.4. The molecule has 0 radical (unpaired) electrons. The standard InChI is InChI=1S/C27H45N3O5Si/c1-26(2,3)34-25(32)30-15-13-21(22(18-30)24(31)33-7)19-10-11-23(28-16-19)29-14-12-20(17-29)35-36(8,9)27(4,5)6/h10-11,16,20-22H,12-15,17-18H2,1-9H3/t20-,21+,22+/m0/s1. The number of hydrogen-bond donors (Lipinski definition) is 0. The molecule has 9 heteroatoms. The Morgan fingerprint density at radius 1 is 1.03 bits per heavy atom. The summed E-state index contributed by atoms with van der Waals surface area (Å²) in [5.74, 6) is 0.0902. The quantitative estimate of drug-likeness (QED) is 0.391. The minimum Gasteiger partial charge on any atom is -0.469 e. The number of hydrogen-bond acceptors (Lipinski definition) is 7. The molecule has 3 rings (SSSR count). The van der Waals surface area contributed by atoms with Crippen LogP contribution in [0.1, 0.15) is 65.9 Å². The van der Waals surface area contributed by atoms with Crippen molar-refractivity contribution in [2.24, 2.45) is 5.92 Å². The zero-order chi connectivity index (χ0) is 26.9. The van der Waals surface area contributed by atoms with Crippen LogP contribution in [0.3, 0.4) is 0 Å². The Hall–Kier alpha value is -2.13. The number of carbonyl (C=O) groups is 2. The molecule has 0 bridgehead atoms. The first kappa shape index (κ1) is 28.4. The van der Waals surface area contributed by atoms with E-state index in [1.807, 2.05) is 33.0 Å².